The predicted octanol–water partition coefficient (Wildman–Crippen LogP) is 5.68. The Labute approximate surface area is 205 Å². The minimum atomic E-state index is 0. The molecule has 0 unspecified atom stereocenters. The molecule has 153 valence electrons. The fraction of sp³-hybridized carbons (Fsp3) is 0.346. The van der Waals surface area contributed by atoms with Crippen molar-refractivity contribution in [3.8, 4) is 0 Å². The number of aryl methyl sites for hydroxylation is 1. The zero-order valence-corrected chi connectivity index (χ0v) is 20.8. The monoisotopic (exact) mass is 476 g/mol. The first-order chi connectivity index (χ1) is 14.2. The van der Waals surface area contributed by atoms with Crippen molar-refractivity contribution in [3.05, 3.63) is 77.9 Å². The Balaban J connectivity index is 0.00000256. The molecule has 1 amide bonds. The Bertz CT molecular complexity index is 979. The minimum absolute atomic E-state index is 0. The van der Waals surface area contributed by atoms with Gasteiger partial charge >= 0.3 is 0 Å². The van der Waals surface area contributed by atoms with Crippen LogP contribution in [0.25, 0.3) is 10.8 Å². The van der Waals surface area contributed by atoms with Crippen LogP contribution in [-0.4, -0.2) is 30.0 Å². The van der Waals surface area contributed by atoms with E-state index in [-0.39, 0.29) is 38.6 Å². The van der Waals surface area contributed by atoms with Gasteiger partial charge in [0, 0.05) is 43.7 Å². The SMILES string of the molecule is Cc1ccc2ccccc2c1NC(=O)C[N+]1(Cc2ccccc2)CCCCCC1.[Y]. The fourth-order valence-electron chi connectivity index (χ4n) is 4.73. The summed E-state index contributed by atoms with van der Waals surface area (Å²) in [5.41, 5.74) is 3.40. The summed E-state index contributed by atoms with van der Waals surface area (Å²) in [5, 5.41) is 5.56. The van der Waals surface area contributed by atoms with Gasteiger partial charge in [-0.15, -0.1) is 0 Å². The number of anilines is 1. The summed E-state index contributed by atoms with van der Waals surface area (Å²) >= 11 is 0. The smallest absolute Gasteiger partial charge is 0.279 e. The van der Waals surface area contributed by atoms with E-state index >= 15 is 0 Å². The predicted molar refractivity (Wildman–Crippen MR) is 121 cm³/mol. The van der Waals surface area contributed by atoms with Crippen molar-refractivity contribution in [2.45, 2.75) is 39.2 Å². The molecule has 4 rings (SSSR count). The Hall–Kier alpha value is -1.55. The molecule has 0 aromatic heterocycles. The summed E-state index contributed by atoms with van der Waals surface area (Å²) in [7, 11) is 0. The average Bonchev–Trinajstić information content (AvgIpc) is 2.96. The van der Waals surface area contributed by atoms with Gasteiger partial charge in [-0.2, -0.15) is 0 Å². The second-order valence-corrected chi connectivity index (χ2v) is 8.53. The minimum Gasteiger partial charge on any atom is -0.320 e. The Morgan fingerprint density at radius 3 is 2.27 bits per heavy atom. The standard InChI is InChI=1S/C26H30N2O.Y/c1-21-15-16-23-13-7-8-14-24(23)26(21)27-25(29)20-28(17-9-2-3-10-18-28)19-22-11-5-4-6-12-22;/h4-8,11-16H,2-3,9-10,17-20H2,1H3;/p+1. The molecule has 1 N–H and O–H groups in total. The number of carbonyl (C=O) groups excluding carboxylic acids is 1. The molecule has 0 saturated carbocycles. The van der Waals surface area contributed by atoms with E-state index in [1.807, 2.05) is 12.1 Å². The van der Waals surface area contributed by atoms with Gasteiger partial charge in [-0.3, -0.25) is 4.79 Å². The largest absolute Gasteiger partial charge is 0.320 e. The first-order valence-corrected chi connectivity index (χ1v) is 10.8. The molecule has 3 aromatic carbocycles. The van der Waals surface area contributed by atoms with Crippen molar-refractivity contribution in [2.24, 2.45) is 0 Å². The number of fused-ring (bicyclic) bond motifs is 1. The first kappa shape index (κ1) is 23.1. The van der Waals surface area contributed by atoms with E-state index < -0.39 is 0 Å². The van der Waals surface area contributed by atoms with Gasteiger partial charge < -0.3 is 9.80 Å². The van der Waals surface area contributed by atoms with Crippen LogP contribution in [-0.2, 0) is 44.0 Å². The second kappa shape index (κ2) is 10.7. The Morgan fingerprint density at radius 1 is 0.867 bits per heavy atom. The van der Waals surface area contributed by atoms with Crippen LogP contribution in [0.15, 0.2) is 66.7 Å². The third-order valence-corrected chi connectivity index (χ3v) is 6.26. The fourth-order valence-corrected chi connectivity index (χ4v) is 4.73. The van der Waals surface area contributed by atoms with Crippen LogP contribution in [0.2, 0.25) is 0 Å². The van der Waals surface area contributed by atoms with Crippen LogP contribution in [0.3, 0.4) is 0 Å². The zero-order chi connectivity index (χ0) is 20.1. The van der Waals surface area contributed by atoms with Gasteiger partial charge in [0.2, 0.25) is 0 Å². The molecule has 1 aliphatic heterocycles. The number of quaternary nitrogens is 1. The van der Waals surface area contributed by atoms with Crippen molar-refractivity contribution < 1.29 is 42.0 Å². The number of hydrogen-bond acceptors (Lipinski definition) is 1. The number of nitrogens with zero attached hydrogens (tertiary/aromatic N) is 1. The van der Waals surface area contributed by atoms with E-state index in [4.69, 9.17) is 0 Å². The molecule has 30 heavy (non-hydrogen) atoms. The van der Waals surface area contributed by atoms with Crippen LogP contribution in [0.4, 0.5) is 5.69 Å². The van der Waals surface area contributed by atoms with Crippen LogP contribution in [0.5, 0.6) is 0 Å². The number of benzene rings is 3. The van der Waals surface area contributed by atoms with E-state index in [2.05, 4.69) is 66.8 Å². The van der Waals surface area contributed by atoms with Crippen LogP contribution in [0.1, 0.15) is 36.8 Å². The number of nitrogens with one attached hydrogen (secondary N) is 1. The Morgan fingerprint density at radius 2 is 1.53 bits per heavy atom. The number of rotatable bonds is 5. The van der Waals surface area contributed by atoms with Crippen molar-refractivity contribution >= 4 is 22.4 Å². The zero-order valence-electron chi connectivity index (χ0n) is 17.9. The first-order valence-electron chi connectivity index (χ1n) is 10.8. The second-order valence-electron chi connectivity index (χ2n) is 8.53. The molecular formula is C26H31N2OY+. The van der Waals surface area contributed by atoms with E-state index in [0.29, 0.717) is 6.54 Å². The molecule has 1 heterocycles. The maximum atomic E-state index is 13.3. The summed E-state index contributed by atoms with van der Waals surface area (Å²) in [4.78, 5) is 13.3. The van der Waals surface area contributed by atoms with E-state index in [0.717, 1.165) is 46.1 Å². The quantitative estimate of drug-likeness (QED) is 0.472. The van der Waals surface area contributed by atoms with Gasteiger partial charge in [0.05, 0.1) is 18.8 Å². The maximum Gasteiger partial charge on any atom is 0.279 e. The van der Waals surface area contributed by atoms with Gasteiger partial charge in [-0.25, -0.2) is 0 Å². The van der Waals surface area contributed by atoms with Gasteiger partial charge in [0.1, 0.15) is 6.54 Å². The van der Waals surface area contributed by atoms with Gasteiger partial charge in [0.25, 0.3) is 5.91 Å². The van der Waals surface area contributed by atoms with Gasteiger partial charge in [0.15, 0.2) is 6.54 Å². The molecule has 3 nitrogen and oxygen atoms in total. The molecule has 4 heteroatoms. The number of amides is 1. The van der Waals surface area contributed by atoms with Crippen LogP contribution >= 0.6 is 0 Å². The summed E-state index contributed by atoms with van der Waals surface area (Å²) in [6.07, 6.45) is 4.96. The summed E-state index contributed by atoms with van der Waals surface area (Å²) in [6, 6.07) is 23.1. The van der Waals surface area contributed by atoms with Crippen LogP contribution in [0, 0.1) is 6.92 Å². The third kappa shape index (κ3) is 5.57. The number of likely N-dealkylation sites (tertiary alicyclic amines) is 1. The van der Waals surface area contributed by atoms with Gasteiger partial charge in [-0.1, -0.05) is 66.7 Å². The van der Waals surface area contributed by atoms with Crippen molar-refractivity contribution in [1.29, 1.82) is 0 Å². The average molecular weight is 476 g/mol. The molecule has 0 atom stereocenters. The summed E-state index contributed by atoms with van der Waals surface area (Å²) in [6.45, 7) is 5.70. The maximum absolute atomic E-state index is 13.3. The normalized spacial score (nSPS) is 15.8. The molecule has 3 aromatic rings. The van der Waals surface area contributed by atoms with Crippen LogP contribution < -0.4 is 5.32 Å². The van der Waals surface area contributed by atoms with Gasteiger partial charge in [-0.05, 0) is 43.6 Å². The molecule has 1 saturated heterocycles. The number of hydrogen-bond donors (Lipinski definition) is 1. The van der Waals surface area contributed by atoms with E-state index in [1.165, 1.54) is 31.2 Å². The van der Waals surface area contributed by atoms with Crippen molar-refractivity contribution in [2.75, 3.05) is 25.0 Å². The molecule has 1 radical (unpaired) electrons. The molecule has 0 spiro atoms. The summed E-state index contributed by atoms with van der Waals surface area (Å²) < 4.78 is 0.861. The van der Waals surface area contributed by atoms with Crippen molar-refractivity contribution in [3.63, 3.8) is 0 Å². The topological polar surface area (TPSA) is 29.1 Å². The Kier molecular flexibility index (Phi) is 8.22. The van der Waals surface area contributed by atoms with Crippen molar-refractivity contribution in [1.82, 2.24) is 0 Å². The summed E-state index contributed by atoms with van der Waals surface area (Å²) in [5.74, 6) is 0.127. The molecule has 0 bridgehead atoms. The molecule has 0 aliphatic carbocycles. The van der Waals surface area contributed by atoms with E-state index in [9.17, 15) is 4.79 Å². The third-order valence-electron chi connectivity index (χ3n) is 6.26. The molecule has 1 fully saturated rings. The van der Waals surface area contributed by atoms with E-state index in [1.54, 1.807) is 0 Å². The number of carbonyl (C=O) groups is 1. The molecular weight excluding hydrogens is 445 g/mol. The molecule has 1 aliphatic rings.